The van der Waals surface area contributed by atoms with Gasteiger partial charge in [0.2, 0.25) is 5.95 Å². The fourth-order valence-corrected chi connectivity index (χ4v) is 6.76. The van der Waals surface area contributed by atoms with Crippen LogP contribution < -0.4 is 15.1 Å². The highest BCUT2D eigenvalue weighted by Crippen LogP contribution is 2.46. The Balaban J connectivity index is 1.29. The van der Waals surface area contributed by atoms with Crippen LogP contribution >= 0.6 is 0 Å². The lowest BCUT2D eigenvalue weighted by molar-refractivity contribution is 0.00531. The Hall–Kier alpha value is -3.23. The zero-order valence-electron chi connectivity index (χ0n) is 23.7. The van der Waals surface area contributed by atoms with Gasteiger partial charge in [0.1, 0.15) is 5.82 Å². The van der Waals surface area contributed by atoms with Crippen LogP contribution in [0.2, 0.25) is 0 Å². The summed E-state index contributed by atoms with van der Waals surface area (Å²) in [5.74, 6) is 1.48. The molecule has 2 saturated heterocycles. The van der Waals surface area contributed by atoms with Crippen molar-refractivity contribution in [2.24, 2.45) is 10.8 Å². The van der Waals surface area contributed by atoms with Crippen molar-refractivity contribution >= 4 is 23.1 Å². The summed E-state index contributed by atoms with van der Waals surface area (Å²) in [4.78, 5) is 21.0. The van der Waals surface area contributed by atoms with E-state index < -0.39 is 0 Å². The molecular weight excluding hydrogens is 474 g/mol. The van der Waals surface area contributed by atoms with Gasteiger partial charge in [-0.25, -0.2) is 15.0 Å². The van der Waals surface area contributed by atoms with E-state index in [1.165, 1.54) is 17.7 Å². The van der Waals surface area contributed by atoms with E-state index in [9.17, 15) is 0 Å². The van der Waals surface area contributed by atoms with Crippen LogP contribution in [0.5, 0.6) is 0 Å². The lowest BCUT2D eigenvalue weighted by atomic mass is 9.65. The highest BCUT2D eigenvalue weighted by Gasteiger charge is 2.47. The van der Waals surface area contributed by atoms with Gasteiger partial charge in [-0.15, -0.1) is 0 Å². The number of rotatable bonds is 8. The monoisotopic (exact) mass is 515 g/mol. The van der Waals surface area contributed by atoms with Gasteiger partial charge < -0.3 is 24.8 Å². The first kappa shape index (κ1) is 26.4. The predicted octanol–water partition coefficient (Wildman–Crippen LogP) is 4.84. The molecule has 2 unspecified atom stereocenters. The number of hydrogen-bond acceptors (Lipinski definition) is 8. The van der Waals surface area contributed by atoms with Crippen LogP contribution in [0.15, 0.2) is 48.8 Å². The van der Waals surface area contributed by atoms with Crippen molar-refractivity contribution in [3.05, 3.63) is 54.4 Å². The molecule has 4 heterocycles. The zero-order chi connectivity index (χ0) is 26.9. The molecule has 2 bridgehead atoms. The fourth-order valence-electron chi connectivity index (χ4n) is 6.76. The number of hydrogen-bond donors (Lipinski definition) is 1. The van der Waals surface area contributed by atoms with Crippen molar-refractivity contribution in [2.75, 3.05) is 75.7 Å². The summed E-state index contributed by atoms with van der Waals surface area (Å²) in [6, 6.07) is 12.6. The lowest BCUT2D eigenvalue weighted by Crippen LogP contribution is -2.61. The van der Waals surface area contributed by atoms with Gasteiger partial charge in [0.25, 0.3) is 0 Å². The number of nitrogens with one attached hydrogen (secondary N) is 1. The average molecular weight is 516 g/mol. The van der Waals surface area contributed by atoms with Crippen LogP contribution in [0, 0.1) is 17.8 Å². The third-order valence-electron chi connectivity index (χ3n) is 7.82. The Morgan fingerprint density at radius 1 is 1.03 bits per heavy atom. The standard InChI is InChI=1S/C30H41N7O/c1-22-15-24(8-9-26(22)37-20-29(2)17-30(3,21-37)19-35(4)18-29)33-28-31-12-11-25(34-28)23-7-10-27(32-16-23)36(5)13-14-38-6/h7-12,15-16H,13-14,17-21H2,1-6H3,(H,31,33,34). The average Bonchev–Trinajstić information content (AvgIpc) is 2.85. The molecule has 5 rings (SSSR count). The van der Waals surface area contributed by atoms with Crippen molar-refractivity contribution in [1.82, 2.24) is 19.9 Å². The molecule has 2 fully saturated rings. The van der Waals surface area contributed by atoms with E-state index in [4.69, 9.17) is 9.72 Å². The van der Waals surface area contributed by atoms with E-state index in [1.807, 2.05) is 31.4 Å². The highest BCUT2D eigenvalue weighted by molar-refractivity contribution is 5.66. The maximum atomic E-state index is 5.16. The third kappa shape index (κ3) is 5.76. The van der Waals surface area contributed by atoms with Crippen molar-refractivity contribution in [2.45, 2.75) is 27.2 Å². The molecule has 2 aliphatic rings. The van der Waals surface area contributed by atoms with Gasteiger partial charge in [-0.2, -0.15) is 0 Å². The number of methoxy groups -OCH3 is 1. The maximum Gasteiger partial charge on any atom is 0.227 e. The molecule has 1 aromatic carbocycles. The number of ether oxygens (including phenoxy) is 1. The second-order valence-corrected chi connectivity index (χ2v) is 12.0. The molecule has 38 heavy (non-hydrogen) atoms. The summed E-state index contributed by atoms with van der Waals surface area (Å²) in [5.41, 5.74) is 6.02. The van der Waals surface area contributed by atoms with Crippen molar-refractivity contribution in [1.29, 1.82) is 0 Å². The normalized spacial score (nSPS) is 23.4. The second kappa shape index (κ2) is 10.5. The SMILES string of the molecule is COCCN(C)c1ccc(-c2ccnc(Nc3ccc(N4CC5(C)CN(C)CC(C)(C4)C5)c(C)c3)n2)cn1. The largest absolute Gasteiger partial charge is 0.383 e. The van der Waals surface area contributed by atoms with Crippen LogP contribution in [0.4, 0.5) is 23.1 Å². The number of piperidine rings is 2. The molecule has 202 valence electrons. The van der Waals surface area contributed by atoms with Gasteiger partial charge >= 0.3 is 0 Å². The van der Waals surface area contributed by atoms with E-state index in [0.29, 0.717) is 23.4 Å². The molecular formula is C30H41N7O. The van der Waals surface area contributed by atoms with Crippen LogP contribution in [-0.2, 0) is 4.74 Å². The number of benzene rings is 1. The molecule has 0 amide bonds. The van der Waals surface area contributed by atoms with Crippen molar-refractivity contribution in [3.63, 3.8) is 0 Å². The van der Waals surface area contributed by atoms with E-state index >= 15 is 0 Å². The first-order valence-corrected chi connectivity index (χ1v) is 13.5. The first-order valence-electron chi connectivity index (χ1n) is 13.5. The number of likely N-dealkylation sites (tertiary alicyclic amines) is 1. The number of aryl methyl sites for hydroxylation is 1. The molecule has 0 spiro atoms. The van der Waals surface area contributed by atoms with Gasteiger partial charge in [0, 0.05) is 76.2 Å². The fraction of sp³-hybridized carbons (Fsp3) is 0.500. The molecule has 8 heteroatoms. The van der Waals surface area contributed by atoms with Crippen LogP contribution in [0.1, 0.15) is 25.8 Å². The summed E-state index contributed by atoms with van der Waals surface area (Å²) in [7, 11) is 5.98. The number of aromatic nitrogens is 3. The number of likely N-dealkylation sites (N-methyl/N-ethyl adjacent to an activating group) is 1. The van der Waals surface area contributed by atoms with E-state index in [2.05, 4.69) is 76.0 Å². The molecule has 2 aromatic heterocycles. The van der Waals surface area contributed by atoms with Gasteiger partial charge in [-0.3, -0.25) is 0 Å². The van der Waals surface area contributed by atoms with Gasteiger partial charge in [0.05, 0.1) is 12.3 Å². The summed E-state index contributed by atoms with van der Waals surface area (Å²) in [6.45, 7) is 13.1. The minimum absolute atomic E-state index is 0.323. The minimum atomic E-state index is 0.323. The Bertz CT molecular complexity index is 1250. The topological polar surface area (TPSA) is 69.7 Å². The molecule has 2 atom stereocenters. The number of pyridine rings is 1. The van der Waals surface area contributed by atoms with E-state index in [-0.39, 0.29) is 0 Å². The highest BCUT2D eigenvalue weighted by atomic mass is 16.5. The molecule has 2 aliphatic heterocycles. The van der Waals surface area contributed by atoms with Gasteiger partial charge in [-0.1, -0.05) is 13.8 Å². The minimum Gasteiger partial charge on any atom is -0.383 e. The smallest absolute Gasteiger partial charge is 0.227 e. The van der Waals surface area contributed by atoms with Crippen LogP contribution in [0.3, 0.4) is 0 Å². The maximum absolute atomic E-state index is 5.16. The summed E-state index contributed by atoms with van der Waals surface area (Å²) in [5, 5.41) is 3.41. The van der Waals surface area contributed by atoms with E-state index in [0.717, 1.165) is 55.5 Å². The Labute approximate surface area is 227 Å². The molecule has 3 aromatic rings. The van der Waals surface area contributed by atoms with Crippen molar-refractivity contribution in [3.8, 4) is 11.3 Å². The summed E-state index contributed by atoms with van der Waals surface area (Å²) >= 11 is 0. The van der Waals surface area contributed by atoms with Crippen LogP contribution in [0.25, 0.3) is 11.3 Å². The summed E-state index contributed by atoms with van der Waals surface area (Å²) < 4.78 is 5.16. The quantitative estimate of drug-likeness (QED) is 0.457. The van der Waals surface area contributed by atoms with Gasteiger partial charge in [-0.05, 0) is 73.2 Å². The zero-order valence-corrected chi connectivity index (χ0v) is 23.7. The molecule has 8 nitrogen and oxygen atoms in total. The molecule has 1 N–H and O–H groups in total. The third-order valence-corrected chi connectivity index (χ3v) is 7.82. The molecule has 0 aliphatic carbocycles. The number of nitrogens with zero attached hydrogens (tertiary/aromatic N) is 6. The molecule has 0 radical (unpaired) electrons. The van der Waals surface area contributed by atoms with Gasteiger partial charge in [0.15, 0.2) is 0 Å². The summed E-state index contributed by atoms with van der Waals surface area (Å²) in [6.07, 6.45) is 4.95. The van der Waals surface area contributed by atoms with Crippen molar-refractivity contribution < 1.29 is 4.74 Å². The Morgan fingerprint density at radius 3 is 2.45 bits per heavy atom. The Kier molecular flexibility index (Phi) is 7.29. The Morgan fingerprint density at radius 2 is 1.79 bits per heavy atom. The lowest BCUT2D eigenvalue weighted by Gasteiger charge is -2.57. The number of anilines is 4. The van der Waals surface area contributed by atoms with Crippen LogP contribution in [-0.4, -0.2) is 80.4 Å². The predicted molar refractivity (Wildman–Crippen MR) is 155 cm³/mol. The molecule has 0 saturated carbocycles. The second-order valence-electron chi connectivity index (χ2n) is 12.0. The van der Waals surface area contributed by atoms with E-state index in [1.54, 1.807) is 13.3 Å². The first-order chi connectivity index (χ1) is 18.2. The number of fused-ring (bicyclic) bond motifs is 2.